The molecule has 0 spiro atoms. The summed E-state index contributed by atoms with van der Waals surface area (Å²) < 4.78 is 0. The molecule has 1 rings (SSSR count). The van der Waals surface area contributed by atoms with Gasteiger partial charge < -0.3 is 15.3 Å². The Morgan fingerprint density at radius 1 is 1.55 bits per heavy atom. The average Bonchev–Trinajstić information content (AvgIpc) is 1.97. The minimum absolute atomic E-state index is 0.0504. The highest BCUT2D eigenvalue weighted by Crippen LogP contribution is 2.22. The minimum Gasteiger partial charge on any atom is -0.396 e. The zero-order valence-corrected chi connectivity index (χ0v) is 6.57. The molecule has 0 aromatic carbocycles. The van der Waals surface area contributed by atoms with Crippen molar-refractivity contribution in [3.8, 4) is 0 Å². The second kappa shape index (κ2) is 3.34. The Labute approximate surface area is 66.0 Å². The number of aliphatic hydroxyl groups excluding tert-OH is 3. The van der Waals surface area contributed by atoms with E-state index < -0.39 is 12.2 Å². The molecule has 1 aliphatic rings. The molecule has 0 aromatic heterocycles. The van der Waals surface area contributed by atoms with E-state index in [1.165, 1.54) is 0 Å². The van der Waals surface area contributed by atoms with Crippen LogP contribution in [0.3, 0.4) is 0 Å². The van der Waals surface area contributed by atoms with Crippen molar-refractivity contribution in [1.29, 1.82) is 0 Å². The van der Waals surface area contributed by atoms with Gasteiger partial charge in [0.25, 0.3) is 0 Å². The topological polar surface area (TPSA) is 60.7 Å². The summed E-state index contributed by atoms with van der Waals surface area (Å²) in [4.78, 5) is 0. The molecular formula is C8H14O3. The quantitative estimate of drug-likeness (QED) is 0.458. The van der Waals surface area contributed by atoms with Crippen LogP contribution in [0.25, 0.3) is 0 Å². The lowest BCUT2D eigenvalue weighted by Crippen LogP contribution is -2.32. The summed E-state index contributed by atoms with van der Waals surface area (Å²) >= 11 is 0. The van der Waals surface area contributed by atoms with Crippen LogP contribution in [-0.4, -0.2) is 34.1 Å². The first kappa shape index (κ1) is 8.71. The first-order chi connectivity index (χ1) is 5.15. The van der Waals surface area contributed by atoms with Crippen LogP contribution in [0.1, 0.15) is 13.3 Å². The molecule has 1 unspecified atom stereocenters. The van der Waals surface area contributed by atoms with Crippen LogP contribution in [-0.2, 0) is 0 Å². The summed E-state index contributed by atoms with van der Waals surface area (Å²) in [5, 5.41) is 27.3. The number of hydrogen-bond acceptors (Lipinski definition) is 3. The van der Waals surface area contributed by atoms with Gasteiger partial charge in [-0.25, -0.2) is 0 Å². The second-order valence-electron chi connectivity index (χ2n) is 3.08. The van der Waals surface area contributed by atoms with E-state index in [1.807, 2.05) is 0 Å². The van der Waals surface area contributed by atoms with Crippen molar-refractivity contribution in [1.82, 2.24) is 0 Å². The van der Waals surface area contributed by atoms with Crippen LogP contribution in [0, 0.1) is 5.92 Å². The Balaban J connectivity index is 2.69. The van der Waals surface area contributed by atoms with E-state index in [1.54, 1.807) is 13.0 Å². The summed E-state index contributed by atoms with van der Waals surface area (Å²) in [7, 11) is 0. The molecule has 0 fully saturated rings. The molecule has 0 saturated heterocycles. The monoisotopic (exact) mass is 158 g/mol. The maximum atomic E-state index is 9.29. The third-order valence-electron chi connectivity index (χ3n) is 2.17. The van der Waals surface area contributed by atoms with Gasteiger partial charge in [0.1, 0.15) is 0 Å². The van der Waals surface area contributed by atoms with E-state index in [9.17, 15) is 10.2 Å². The first-order valence-corrected chi connectivity index (χ1v) is 3.80. The summed E-state index contributed by atoms with van der Waals surface area (Å²) in [5.41, 5.74) is 0.842. The van der Waals surface area contributed by atoms with Crippen LogP contribution < -0.4 is 0 Å². The normalized spacial score (nSPS) is 38.5. The minimum atomic E-state index is -0.598. The lowest BCUT2D eigenvalue weighted by molar-refractivity contribution is 0.0377. The van der Waals surface area contributed by atoms with Crippen molar-refractivity contribution in [2.45, 2.75) is 25.6 Å². The van der Waals surface area contributed by atoms with Gasteiger partial charge >= 0.3 is 0 Å². The van der Waals surface area contributed by atoms with Crippen LogP contribution in [0.5, 0.6) is 0 Å². The van der Waals surface area contributed by atoms with Gasteiger partial charge in [-0.2, -0.15) is 0 Å². The Bertz CT molecular complexity index is 165. The largest absolute Gasteiger partial charge is 0.396 e. The Kier molecular flexibility index (Phi) is 2.65. The predicted molar refractivity (Wildman–Crippen MR) is 41.0 cm³/mol. The van der Waals surface area contributed by atoms with Crippen LogP contribution in [0.4, 0.5) is 0 Å². The van der Waals surface area contributed by atoms with Crippen molar-refractivity contribution in [3.63, 3.8) is 0 Å². The molecule has 3 atom stereocenters. The molecule has 0 radical (unpaired) electrons. The van der Waals surface area contributed by atoms with Gasteiger partial charge in [0, 0.05) is 12.3 Å². The van der Waals surface area contributed by atoms with Crippen molar-refractivity contribution in [2.24, 2.45) is 5.92 Å². The van der Waals surface area contributed by atoms with Crippen molar-refractivity contribution >= 4 is 0 Å². The fourth-order valence-electron chi connectivity index (χ4n) is 1.32. The van der Waals surface area contributed by atoms with Gasteiger partial charge in [0.2, 0.25) is 0 Å². The summed E-state index contributed by atoms with van der Waals surface area (Å²) in [6.45, 7) is 1.75. The molecule has 0 aromatic rings. The fraction of sp³-hybridized carbons (Fsp3) is 0.750. The van der Waals surface area contributed by atoms with Gasteiger partial charge in [-0.3, -0.25) is 0 Å². The van der Waals surface area contributed by atoms with E-state index in [2.05, 4.69) is 0 Å². The summed E-state index contributed by atoms with van der Waals surface area (Å²) in [5.74, 6) is -0.196. The number of aliphatic hydroxyl groups is 3. The molecule has 0 amide bonds. The molecule has 3 N–H and O–H groups in total. The Morgan fingerprint density at radius 3 is 2.73 bits per heavy atom. The molecule has 64 valence electrons. The van der Waals surface area contributed by atoms with E-state index in [0.29, 0.717) is 6.42 Å². The lowest BCUT2D eigenvalue weighted by atomic mass is 9.87. The Morgan fingerprint density at radius 2 is 2.18 bits per heavy atom. The highest BCUT2D eigenvalue weighted by atomic mass is 16.3. The average molecular weight is 158 g/mol. The van der Waals surface area contributed by atoms with Gasteiger partial charge in [-0.1, -0.05) is 6.08 Å². The molecule has 0 aliphatic heterocycles. The third kappa shape index (κ3) is 1.80. The molecule has 3 nitrogen and oxygen atoms in total. The van der Waals surface area contributed by atoms with E-state index >= 15 is 0 Å². The van der Waals surface area contributed by atoms with Gasteiger partial charge in [0.05, 0.1) is 18.8 Å². The molecular weight excluding hydrogens is 144 g/mol. The molecule has 1 aliphatic carbocycles. The van der Waals surface area contributed by atoms with Gasteiger partial charge in [-0.05, 0) is 12.5 Å². The molecule has 3 heteroatoms. The van der Waals surface area contributed by atoms with Crippen molar-refractivity contribution < 1.29 is 15.3 Å². The lowest BCUT2D eigenvalue weighted by Gasteiger charge is -2.27. The molecule has 0 bridgehead atoms. The van der Waals surface area contributed by atoms with Crippen LogP contribution >= 0.6 is 0 Å². The van der Waals surface area contributed by atoms with Gasteiger partial charge in [-0.15, -0.1) is 0 Å². The standard InChI is InChI=1S/C8H14O3/c1-5-2-6(4-9)8(11)3-7(5)10/h2,6-11H,3-4H2,1H3/t6-,7?,8+/m0/s1. The number of rotatable bonds is 1. The highest BCUT2D eigenvalue weighted by Gasteiger charge is 2.25. The fourth-order valence-corrected chi connectivity index (χ4v) is 1.32. The SMILES string of the molecule is CC1=C[C@@H](CO)[C@H](O)CC1O. The summed E-state index contributed by atoms with van der Waals surface area (Å²) in [6.07, 6.45) is 0.943. The first-order valence-electron chi connectivity index (χ1n) is 3.80. The molecule has 0 saturated carbocycles. The maximum Gasteiger partial charge on any atom is 0.0772 e. The summed E-state index contributed by atoms with van der Waals surface area (Å²) in [6, 6.07) is 0. The highest BCUT2D eigenvalue weighted by molar-refractivity contribution is 5.12. The zero-order chi connectivity index (χ0) is 8.43. The zero-order valence-electron chi connectivity index (χ0n) is 6.57. The van der Waals surface area contributed by atoms with Crippen molar-refractivity contribution in [3.05, 3.63) is 11.6 Å². The van der Waals surface area contributed by atoms with Crippen LogP contribution in [0.2, 0.25) is 0 Å². The maximum absolute atomic E-state index is 9.29. The van der Waals surface area contributed by atoms with E-state index in [-0.39, 0.29) is 12.5 Å². The van der Waals surface area contributed by atoms with Crippen LogP contribution in [0.15, 0.2) is 11.6 Å². The van der Waals surface area contributed by atoms with E-state index in [0.717, 1.165) is 5.57 Å². The van der Waals surface area contributed by atoms with E-state index in [4.69, 9.17) is 5.11 Å². The Hall–Kier alpha value is -0.380. The smallest absolute Gasteiger partial charge is 0.0772 e. The third-order valence-corrected chi connectivity index (χ3v) is 2.17. The molecule has 11 heavy (non-hydrogen) atoms. The van der Waals surface area contributed by atoms with Gasteiger partial charge in [0.15, 0.2) is 0 Å². The molecule has 0 heterocycles. The van der Waals surface area contributed by atoms with Crippen molar-refractivity contribution in [2.75, 3.05) is 6.61 Å². The second-order valence-corrected chi connectivity index (χ2v) is 3.08. The number of hydrogen-bond donors (Lipinski definition) is 3. The predicted octanol–water partition coefficient (Wildman–Crippen LogP) is -0.333.